The molecule has 1 rings (SSSR count). The van der Waals surface area contributed by atoms with Gasteiger partial charge in [-0.1, -0.05) is 0 Å². The second-order valence-electron chi connectivity index (χ2n) is 3.87. The maximum absolute atomic E-state index is 11.1. The van der Waals surface area contributed by atoms with Crippen molar-refractivity contribution < 1.29 is 4.79 Å². The molecule has 0 aromatic carbocycles. The molecular formula is C9H19N3O. The summed E-state index contributed by atoms with van der Waals surface area (Å²) in [6, 6.07) is 0.160. The van der Waals surface area contributed by atoms with Crippen LogP contribution in [-0.4, -0.2) is 31.7 Å². The monoisotopic (exact) mass is 185 g/mol. The fraction of sp³-hybridized carbons (Fsp3) is 0.889. The summed E-state index contributed by atoms with van der Waals surface area (Å²) in [4.78, 5) is 11.1. The lowest BCUT2D eigenvalue weighted by Gasteiger charge is -2.26. The highest BCUT2D eigenvalue weighted by molar-refractivity contribution is 5.73. The lowest BCUT2D eigenvalue weighted by atomic mass is 10.00. The molecule has 0 aliphatic carbocycles. The zero-order valence-electron chi connectivity index (χ0n) is 8.39. The van der Waals surface area contributed by atoms with E-state index in [9.17, 15) is 4.79 Å². The van der Waals surface area contributed by atoms with Gasteiger partial charge in [0.2, 0.25) is 0 Å². The van der Waals surface area contributed by atoms with E-state index in [1.807, 2.05) is 13.8 Å². The molecule has 0 aromatic rings. The molecule has 76 valence electrons. The first kappa shape index (κ1) is 10.3. The molecule has 1 saturated heterocycles. The highest BCUT2D eigenvalue weighted by Crippen LogP contribution is 2.06. The third-order valence-corrected chi connectivity index (χ3v) is 2.12. The van der Waals surface area contributed by atoms with Gasteiger partial charge in [0.05, 0.1) is 0 Å². The van der Waals surface area contributed by atoms with Crippen LogP contribution in [0.4, 0.5) is 4.79 Å². The van der Waals surface area contributed by atoms with E-state index in [1.165, 1.54) is 0 Å². The van der Waals surface area contributed by atoms with Crippen molar-refractivity contribution in [1.29, 1.82) is 0 Å². The zero-order chi connectivity index (χ0) is 9.68. The van der Waals surface area contributed by atoms with Gasteiger partial charge < -0.3 is 16.0 Å². The number of hydrogen-bond donors (Lipinski definition) is 3. The molecule has 0 radical (unpaired) electrons. The molecule has 1 fully saturated rings. The molecule has 4 nitrogen and oxygen atoms in total. The number of urea groups is 1. The highest BCUT2D eigenvalue weighted by Gasteiger charge is 2.15. The number of hydrogen-bond acceptors (Lipinski definition) is 2. The highest BCUT2D eigenvalue weighted by atomic mass is 16.2. The molecule has 0 bridgehead atoms. The summed E-state index contributed by atoms with van der Waals surface area (Å²) in [5.74, 6) is 0.763. The van der Waals surface area contributed by atoms with Gasteiger partial charge in [0.15, 0.2) is 0 Å². The van der Waals surface area contributed by atoms with Crippen LogP contribution >= 0.6 is 0 Å². The van der Waals surface area contributed by atoms with Crippen LogP contribution in [0.25, 0.3) is 0 Å². The Hall–Kier alpha value is -0.770. The van der Waals surface area contributed by atoms with E-state index >= 15 is 0 Å². The van der Waals surface area contributed by atoms with E-state index in [4.69, 9.17) is 0 Å². The number of carbonyl (C=O) groups excluding carboxylic acids is 1. The van der Waals surface area contributed by atoms with Gasteiger partial charge in [-0.25, -0.2) is 4.79 Å². The normalized spacial score (nSPS) is 16.8. The molecule has 0 unspecified atom stereocenters. The Kier molecular flexibility index (Phi) is 4.02. The van der Waals surface area contributed by atoms with Crippen molar-refractivity contribution in [1.82, 2.24) is 16.0 Å². The lowest BCUT2D eigenvalue weighted by Crippen LogP contribution is -2.45. The molecular weight excluding hydrogens is 166 g/mol. The van der Waals surface area contributed by atoms with Gasteiger partial charge in [-0.05, 0) is 39.3 Å². The Balaban J connectivity index is 1.94. The van der Waals surface area contributed by atoms with Gasteiger partial charge in [-0.2, -0.15) is 0 Å². The van der Waals surface area contributed by atoms with Gasteiger partial charge in [0, 0.05) is 12.6 Å². The van der Waals surface area contributed by atoms with Crippen molar-refractivity contribution >= 4 is 6.03 Å². The second-order valence-corrected chi connectivity index (χ2v) is 3.87. The molecule has 0 spiro atoms. The third-order valence-electron chi connectivity index (χ3n) is 2.12. The maximum Gasteiger partial charge on any atom is 0.314 e. The Morgan fingerprint density at radius 1 is 1.54 bits per heavy atom. The molecule has 1 aliphatic rings. The number of rotatable bonds is 4. The van der Waals surface area contributed by atoms with Crippen molar-refractivity contribution in [2.24, 2.45) is 5.92 Å². The summed E-state index contributed by atoms with van der Waals surface area (Å²) < 4.78 is 0. The average Bonchev–Trinajstić information content (AvgIpc) is 1.92. The largest absolute Gasteiger partial charge is 0.338 e. The zero-order valence-corrected chi connectivity index (χ0v) is 8.39. The van der Waals surface area contributed by atoms with E-state index in [2.05, 4.69) is 16.0 Å². The number of nitrogens with one attached hydrogen (secondary N) is 3. The van der Waals surface area contributed by atoms with E-state index in [1.54, 1.807) is 0 Å². The average molecular weight is 185 g/mol. The van der Waals surface area contributed by atoms with Crippen molar-refractivity contribution in [3.05, 3.63) is 0 Å². The predicted octanol–water partition coefficient (Wildman–Crippen LogP) is 0.304. The van der Waals surface area contributed by atoms with Crippen molar-refractivity contribution in [3.63, 3.8) is 0 Å². The first-order chi connectivity index (χ1) is 6.18. The summed E-state index contributed by atoms with van der Waals surface area (Å²) in [5, 5.41) is 8.83. The summed E-state index contributed by atoms with van der Waals surface area (Å²) in [6.45, 7) is 6.90. The summed E-state index contributed by atoms with van der Waals surface area (Å²) >= 11 is 0. The molecule has 13 heavy (non-hydrogen) atoms. The van der Waals surface area contributed by atoms with Crippen LogP contribution in [0.5, 0.6) is 0 Å². The fourth-order valence-electron chi connectivity index (χ4n) is 1.26. The van der Waals surface area contributed by atoms with Crippen LogP contribution in [-0.2, 0) is 0 Å². The Bertz CT molecular complexity index is 166. The molecule has 0 aromatic heterocycles. The Morgan fingerprint density at radius 3 is 2.69 bits per heavy atom. The molecule has 3 N–H and O–H groups in total. The maximum atomic E-state index is 11.1. The SMILES string of the molecule is CC(C)NC(=O)NCCC1CNC1. The first-order valence-electron chi connectivity index (χ1n) is 4.93. The van der Waals surface area contributed by atoms with Crippen LogP contribution in [0.2, 0.25) is 0 Å². The van der Waals surface area contributed by atoms with Gasteiger partial charge in [-0.3, -0.25) is 0 Å². The van der Waals surface area contributed by atoms with Gasteiger partial charge in [0.1, 0.15) is 0 Å². The van der Waals surface area contributed by atoms with Crippen molar-refractivity contribution in [3.8, 4) is 0 Å². The molecule has 4 heteroatoms. The molecule has 0 atom stereocenters. The van der Waals surface area contributed by atoms with Crippen LogP contribution in [0.3, 0.4) is 0 Å². The van der Waals surface area contributed by atoms with Gasteiger partial charge >= 0.3 is 6.03 Å². The van der Waals surface area contributed by atoms with Gasteiger partial charge in [0.25, 0.3) is 0 Å². The minimum Gasteiger partial charge on any atom is -0.338 e. The summed E-state index contributed by atoms with van der Waals surface area (Å²) in [5.41, 5.74) is 0. The van der Waals surface area contributed by atoms with Crippen molar-refractivity contribution in [2.75, 3.05) is 19.6 Å². The minimum atomic E-state index is -0.0534. The van der Waals surface area contributed by atoms with Crippen LogP contribution in [0, 0.1) is 5.92 Å². The Labute approximate surface area is 79.5 Å². The van der Waals surface area contributed by atoms with Crippen LogP contribution < -0.4 is 16.0 Å². The molecule has 2 amide bonds. The number of amides is 2. The smallest absolute Gasteiger partial charge is 0.314 e. The van der Waals surface area contributed by atoms with Crippen LogP contribution in [0.15, 0.2) is 0 Å². The third kappa shape index (κ3) is 4.12. The molecule has 1 aliphatic heterocycles. The second kappa shape index (κ2) is 5.07. The van der Waals surface area contributed by atoms with E-state index < -0.39 is 0 Å². The minimum absolute atomic E-state index is 0.0534. The van der Waals surface area contributed by atoms with Crippen molar-refractivity contribution in [2.45, 2.75) is 26.3 Å². The topological polar surface area (TPSA) is 53.2 Å². The molecule has 1 heterocycles. The molecule has 0 saturated carbocycles. The standard InChI is InChI=1S/C9H19N3O/c1-7(2)12-9(13)11-4-3-8-5-10-6-8/h7-8,10H,3-6H2,1-2H3,(H2,11,12,13). The lowest BCUT2D eigenvalue weighted by molar-refractivity contribution is 0.236. The Morgan fingerprint density at radius 2 is 2.23 bits per heavy atom. The quantitative estimate of drug-likeness (QED) is 0.590. The van der Waals surface area contributed by atoms with E-state index in [0.717, 1.165) is 32.0 Å². The fourth-order valence-corrected chi connectivity index (χ4v) is 1.26. The van der Waals surface area contributed by atoms with Crippen LogP contribution in [0.1, 0.15) is 20.3 Å². The first-order valence-corrected chi connectivity index (χ1v) is 4.93. The van der Waals surface area contributed by atoms with E-state index in [0.29, 0.717) is 0 Å². The van der Waals surface area contributed by atoms with E-state index in [-0.39, 0.29) is 12.1 Å². The predicted molar refractivity (Wildman–Crippen MR) is 52.6 cm³/mol. The summed E-state index contributed by atoms with van der Waals surface area (Å²) in [7, 11) is 0. The number of carbonyl (C=O) groups is 1. The van der Waals surface area contributed by atoms with Gasteiger partial charge in [-0.15, -0.1) is 0 Å². The summed E-state index contributed by atoms with van der Waals surface area (Å²) in [6.07, 6.45) is 1.08.